The van der Waals surface area contributed by atoms with Gasteiger partial charge in [0.2, 0.25) is 5.24 Å². The second-order valence-electron chi connectivity index (χ2n) is 3.91. The van der Waals surface area contributed by atoms with Crippen molar-refractivity contribution < 1.29 is 4.79 Å². The van der Waals surface area contributed by atoms with Crippen LogP contribution in [0.5, 0.6) is 0 Å². The predicted molar refractivity (Wildman–Crippen MR) is 56.2 cm³/mol. The first-order valence-corrected chi connectivity index (χ1v) is 5.77. The molecule has 0 radical (unpaired) electrons. The first kappa shape index (κ1) is 11.3. The van der Waals surface area contributed by atoms with Crippen molar-refractivity contribution in [3.8, 4) is 0 Å². The van der Waals surface area contributed by atoms with E-state index >= 15 is 0 Å². The molecule has 1 saturated carbocycles. The second kappa shape index (κ2) is 5.21. The summed E-state index contributed by atoms with van der Waals surface area (Å²) >= 11 is 11.5. The smallest absolute Gasteiger partial charge is 0.226 e. The van der Waals surface area contributed by atoms with E-state index in [1.165, 1.54) is 19.3 Å². The molecule has 1 nitrogen and oxygen atoms in total. The van der Waals surface area contributed by atoms with Crippen molar-refractivity contribution in [3.63, 3.8) is 0 Å². The highest BCUT2D eigenvalue weighted by Gasteiger charge is 2.31. The minimum absolute atomic E-state index is 0.131. The lowest BCUT2D eigenvalue weighted by Crippen LogP contribution is -2.29. The first-order valence-electron chi connectivity index (χ1n) is 4.96. The Morgan fingerprint density at radius 2 is 1.85 bits per heavy atom. The van der Waals surface area contributed by atoms with Crippen molar-refractivity contribution in [1.29, 1.82) is 0 Å². The average molecular weight is 223 g/mol. The van der Waals surface area contributed by atoms with Crippen LogP contribution in [-0.4, -0.2) is 10.6 Å². The van der Waals surface area contributed by atoms with Gasteiger partial charge in [-0.25, -0.2) is 0 Å². The molecule has 0 bridgehead atoms. The Balaban J connectivity index is 2.57. The fraction of sp³-hybridized carbons (Fsp3) is 0.900. The van der Waals surface area contributed by atoms with E-state index < -0.39 is 0 Å². The van der Waals surface area contributed by atoms with E-state index in [9.17, 15) is 4.79 Å². The monoisotopic (exact) mass is 222 g/mol. The minimum atomic E-state index is -0.255. The van der Waals surface area contributed by atoms with E-state index in [-0.39, 0.29) is 16.5 Å². The average Bonchev–Trinajstić information content (AvgIpc) is 2.04. The zero-order valence-electron chi connectivity index (χ0n) is 7.93. The number of halogens is 2. The van der Waals surface area contributed by atoms with Gasteiger partial charge < -0.3 is 0 Å². The van der Waals surface area contributed by atoms with Crippen LogP contribution in [0.15, 0.2) is 0 Å². The van der Waals surface area contributed by atoms with Crippen LogP contribution in [0.3, 0.4) is 0 Å². The molecule has 0 heterocycles. The van der Waals surface area contributed by atoms with E-state index in [0.717, 1.165) is 12.8 Å². The van der Waals surface area contributed by atoms with Gasteiger partial charge in [-0.1, -0.05) is 19.3 Å². The highest BCUT2D eigenvalue weighted by atomic mass is 35.5. The molecule has 3 heteroatoms. The van der Waals surface area contributed by atoms with Crippen LogP contribution in [0.2, 0.25) is 0 Å². The number of hydrogen-bond donors (Lipinski definition) is 0. The van der Waals surface area contributed by atoms with E-state index in [4.69, 9.17) is 23.2 Å². The summed E-state index contributed by atoms with van der Waals surface area (Å²) in [4.78, 5) is 11.2. The summed E-state index contributed by atoms with van der Waals surface area (Å²) in [6, 6.07) is 0. The number of rotatable bonds is 3. The van der Waals surface area contributed by atoms with Gasteiger partial charge in [0.1, 0.15) is 0 Å². The molecule has 76 valence electrons. The lowest BCUT2D eigenvalue weighted by Gasteiger charge is -2.29. The summed E-state index contributed by atoms with van der Waals surface area (Å²) in [6.45, 7) is 1.86. The summed E-state index contributed by atoms with van der Waals surface area (Å²) in [7, 11) is 0. The minimum Gasteiger partial charge on any atom is -0.281 e. The van der Waals surface area contributed by atoms with Crippen molar-refractivity contribution in [2.75, 3.05) is 0 Å². The van der Waals surface area contributed by atoms with Gasteiger partial charge in [-0.15, -0.1) is 11.6 Å². The molecule has 0 saturated heterocycles. The topological polar surface area (TPSA) is 17.1 Å². The molecule has 0 aliphatic heterocycles. The fourth-order valence-corrected chi connectivity index (χ4v) is 2.99. The van der Waals surface area contributed by atoms with Gasteiger partial charge in [0.15, 0.2) is 0 Å². The second-order valence-corrected chi connectivity index (χ2v) is 4.97. The summed E-state index contributed by atoms with van der Waals surface area (Å²) in [5, 5.41) is -0.387. The van der Waals surface area contributed by atoms with Crippen LogP contribution >= 0.6 is 23.2 Å². The maximum Gasteiger partial charge on any atom is 0.226 e. The predicted octanol–water partition coefficient (Wildman–Crippen LogP) is 3.58. The van der Waals surface area contributed by atoms with Crippen molar-refractivity contribution in [1.82, 2.24) is 0 Å². The molecule has 0 aromatic heterocycles. The van der Waals surface area contributed by atoms with Gasteiger partial charge in [0.05, 0.1) is 5.92 Å². The zero-order valence-corrected chi connectivity index (χ0v) is 9.44. The van der Waals surface area contributed by atoms with Crippen molar-refractivity contribution >= 4 is 28.4 Å². The first-order chi connectivity index (χ1) is 6.13. The summed E-state index contributed by atoms with van der Waals surface area (Å²) in [5.74, 6) is 0.287. The highest BCUT2D eigenvalue weighted by Crippen LogP contribution is 2.34. The van der Waals surface area contributed by atoms with Crippen molar-refractivity contribution in [2.45, 2.75) is 44.4 Å². The van der Waals surface area contributed by atoms with Gasteiger partial charge in [0, 0.05) is 5.38 Å². The van der Waals surface area contributed by atoms with E-state index in [1.54, 1.807) is 0 Å². The molecule has 1 rings (SSSR count). The zero-order chi connectivity index (χ0) is 9.84. The van der Waals surface area contributed by atoms with Gasteiger partial charge in [-0.3, -0.25) is 4.79 Å². The standard InChI is InChI=1S/C10H16Cl2O/c1-7(11)9(10(12)13)8-5-3-2-4-6-8/h7-9H,2-6H2,1H3. The molecule has 2 unspecified atom stereocenters. The maximum atomic E-state index is 11.2. The largest absolute Gasteiger partial charge is 0.281 e. The summed E-state index contributed by atoms with van der Waals surface area (Å²) in [6.07, 6.45) is 5.95. The third-order valence-corrected chi connectivity index (χ3v) is 3.44. The quantitative estimate of drug-likeness (QED) is 0.528. The van der Waals surface area contributed by atoms with Crippen molar-refractivity contribution in [3.05, 3.63) is 0 Å². The van der Waals surface area contributed by atoms with Crippen LogP contribution in [0.1, 0.15) is 39.0 Å². The van der Waals surface area contributed by atoms with Gasteiger partial charge in [-0.2, -0.15) is 0 Å². The van der Waals surface area contributed by atoms with Gasteiger partial charge in [-0.05, 0) is 37.3 Å². The normalized spacial score (nSPS) is 23.9. The van der Waals surface area contributed by atoms with Crippen LogP contribution in [0.25, 0.3) is 0 Å². The molecule has 1 aliphatic rings. The molecular formula is C10H16Cl2O. The summed E-state index contributed by atoms with van der Waals surface area (Å²) in [5.41, 5.74) is 0. The fourth-order valence-electron chi connectivity index (χ4n) is 2.23. The molecule has 13 heavy (non-hydrogen) atoms. The van der Waals surface area contributed by atoms with E-state index in [0.29, 0.717) is 5.92 Å². The van der Waals surface area contributed by atoms with Crippen LogP contribution < -0.4 is 0 Å². The molecule has 0 N–H and O–H groups in total. The Morgan fingerprint density at radius 1 is 1.31 bits per heavy atom. The number of carbonyl (C=O) groups is 1. The summed E-state index contributed by atoms with van der Waals surface area (Å²) < 4.78 is 0. The van der Waals surface area contributed by atoms with E-state index in [2.05, 4.69) is 0 Å². The number of alkyl halides is 1. The number of hydrogen-bond acceptors (Lipinski definition) is 1. The molecule has 2 atom stereocenters. The van der Waals surface area contributed by atoms with E-state index in [1.807, 2.05) is 6.92 Å². The Hall–Kier alpha value is 0.250. The lowest BCUT2D eigenvalue weighted by molar-refractivity contribution is -0.117. The highest BCUT2D eigenvalue weighted by molar-refractivity contribution is 6.64. The number of carbonyl (C=O) groups excluding carboxylic acids is 1. The van der Waals surface area contributed by atoms with Crippen LogP contribution in [-0.2, 0) is 4.79 Å². The van der Waals surface area contributed by atoms with Crippen LogP contribution in [0.4, 0.5) is 0 Å². The molecule has 0 spiro atoms. The van der Waals surface area contributed by atoms with Gasteiger partial charge >= 0.3 is 0 Å². The molecule has 0 aromatic carbocycles. The Labute approximate surface area is 89.8 Å². The van der Waals surface area contributed by atoms with Crippen LogP contribution in [0, 0.1) is 11.8 Å². The SMILES string of the molecule is CC(Cl)C(C(=O)Cl)C1CCCCC1. The molecule has 0 amide bonds. The third kappa shape index (κ3) is 3.14. The third-order valence-electron chi connectivity index (χ3n) is 2.91. The molecular weight excluding hydrogens is 207 g/mol. The maximum absolute atomic E-state index is 11.2. The Morgan fingerprint density at radius 3 is 2.23 bits per heavy atom. The lowest BCUT2D eigenvalue weighted by atomic mass is 9.79. The Bertz CT molecular complexity index is 174. The molecule has 1 fully saturated rings. The molecule has 1 aliphatic carbocycles. The van der Waals surface area contributed by atoms with Gasteiger partial charge in [0.25, 0.3) is 0 Å². The van der Waals surface area contributed by atoms with Crippen molar-refractivity contribution in [2.24, 2.45) is 11.8 Å². The Kier molecular flexibility index (Phi) is 4.54. The molecule has 0 aromatic rings.